The molecule has 0 atom stereocenters. The van der Waals surface area contributed by atoms with E-state index >= 15 is 0 Å². The number of hydrogen-bond donors (Lipinski definition) is 0. The maximum atomic E-state index is 12.6. The van der Waals surface area contributed by atoms with Crippen molar-refractivity contribution in [2.75, 3.05) is 13.1 Å². The second-order valence-corrected chi connectivity index (χ2v) is 6.72. The van der Waals surface area contributed by atoms with Gasteiger partial charge in [-0.3, -0.25) is 4.79 Å². The summed E-state index contributed by atoms with van der Waals surface area (Å²) in [5.41, 5.74) is 2.72. The molecular formula is C20H22N2O2. The van der Waals surface area contributed by atoms with E-state index in [2.05, 4.69) is 4.98 Å². The molecule has 1 saturated carbocycles. The smallest absolute Gasteiger partial charge is 0.255 e. The van der Waals surface area contributed by atoms with E-state index in [4.69, 9.17) is 4.74 Å². The largest absolute Gasteiger partial charge is 0.473 e. The summed E-state index contributed by atoms with van der Waals surface area (Å²) >= 11 is 0. The van der Waals surface area contributed by atoms with Crippen LogP contribution in [-0.4, -0.2) is 28.9 Å². The summed E-state index contributed by atoms with van der Waals surface area (Å²) in [5.74, 6) is 1.43. The fourth-order valence-corrected chi connectivity index (χ4v) is 3.35. The first-order valence-corrected chi connectivity index (χ1v) is 8.75. The molecule has 4 heteroatoms. The average molecular weight is 322 g/mol. The van der Waals surface area contributed by atoms with E-state index in [1.807, 2.05) is 47.4 Å². The number of fused-ring (bicyclic) bond motifs is 1. The summed E-state index contributed by atoms with van der Waals surface area (Å²) in [6, 6.07) is 13.7. The highest BCUT2D eigenvalue weighted by molar-refractivity contribution is 5.96. The molecule has 0 spiro atoms. The number of benzene rings is 1. The molecule has 0 radical (unpaired) electrons. The number of nitrogens with zero attached hydrogens (tertiary/aromatic N) is 2. The Bertz CT molecular complexity index is 726. The normalized spacial score (nSPS) is 17.3. The SMILES string of the molecule is O=C1c2ccc(OCc3ccccc3)nc2CCN1CC1CCC1. The number of carbonyl (C=O) groups excluding carboxylic acids is 1. The van der Waals surface area contributed by atoms with Crippen LogP contribution in [0.4, 0.5) is 0 Å². The second kappa shape index (κ2) is 6.63. The molecule has 0 N–H and O–H groups in total. The van der Waals surface area contributed by atoms with Gasteiger partial charge in [0.1, 0.15) is 6.61 Å². The topological polar surface area (TPSA) is 42.4 Å². The van der Waals surface area contributed by atoms with Crippen LogP contribution in [0, 0.1) is 5.92 Å². The van der Waals surface area contributed by atoms with Crippen LogP contribution in [-0.2, 0) is 13.0 Å². The lowest BCUT2D eigenvalue weighted by Crippen LogP contribution is -2.42. The molecular weight excluding hydrogens is 300 g/mol. The first kappa shape index (κ1) is 15.2. The predicted molar refractivity (Wildman–Crippen MR) is 92.0 cm³/mol. The number of pyridine rings is 1. The van der Waals surface area contributed by atoms with Crippen molar-refractivity contribution in [3.05, 3.63) is 59.3 Å². The molecule has 1 aliphatic carbocycles. The van der Waals surface area contributed by atoms with Crippen molar-refractivity contribution < 1.29 is 9.53 Å². The summed E-state index contributed by atoms with van der Waals surface area (Å²) in [5, 5.41) is 0. The Balaban J connectivity index is 1.43. The Kier molecular flexibility index (Phi) is 4.20. The summed E-state index contributed by atoms with van der Waals surface area (Å²) in [6.45, 7) is 2.18. The molecule has 2 aromatic rings. The lowest BCUT2D eigenvalue weighted by Gasteiger charge is -2.34. The molecule has 0 bridgehead atoms. The van der Waals surface area contributed by atoms with Crippen LogP contribution in [0.15, 0.2) is 42.5 Å². The fourth-order valence-electron chi connectivity index (χ4n) is 3.35. The Morgan fingerprint density at radius 1 is 1.12 bits per heavy atom. The molecule has 0 unspecified atom stereocenters. The molecule has 1 amide bonds. The van der Waals surface area contributed by atoms with Crippen molar-refractivity contribution in [3.63, 3.8) is 0 Å². The van der Waals surface area contributed by atoms with Gasteiger partial charge in [-0.2, -0.15) is 0 Å². The molecule has 1 aliphatic heterocycles. The lowest BCUT2D eigenvalue weighted by atomic mass is 9.84. The number of ether oxygens (including phenoxy) is 1. The van der Waals surface area contributed by atoms with Crippen molar-refractivity contribution in [3.8, 4) is 5.88 Å². The molecule has 4 rings (SSSR count). The van der Waals surface area contributed by atoms with Crippen molar-refractivity contribution in [1.29, 1.82) is 0 Å². The van der Waals surface area contributed by atoms with Gasteiger partial charge in [0.25, 0.3) is 5.91 Å². The minimum absolute atomic E-state index is 0.130. The van der Waals surface area contributed by atoms with Crippen LogP contribution in [0.3, 0.4) is 0 Å². The minimum atomic E-state index is 0.130. The lowest BCUT2D eigenvalue weighted by molar-refractivity contribution is 0.0675. The first-order chi connectivity index (χ1) is 11.8. The molecule has 0 saturated heterocycles. The average Bonchev–Trinajstić information content (AvgIpc) is 2.59. The number of hydrogen-bond acceptors (Lipinski definition) is 3. The van der Waals surface area contributed by atoms with Gasteiger partial charge in [0.15, 0.2) is 0 Å². The van der Waals surface area contributed by atoms with Crippen molar-refractivity contribution in [2.24, 2.45) is 5.92 Å². The second-order valence-electron chi connectivity index (χ2n) is 6.72. The Morgan fingerprint density at radius 2 is 1.96 bits per heavy atom. The number of amides is 1. The maximum absolute atomic E-state index is 12.6. The zero-order chi connectivity index (χ0) is 16.4. The zero-order valence-electron chi connectivity index (χ0n) is 13.8. The summed E-state index contributed by atoms with van der Waals surface area (Å²) in [4.78, 5) is 19.2. The van der Waals surface area contributed by atoms with Crippen molar-refractivity contribution >= 4 is 5.91 Å². The number of carbonyl (C=O) groups is 1. The number of rotatable bonds is 5. The van der Waals surface area contributed by atoms with E-state index in [0.717, 1.165) is 36.3 Å². The summed E-state index contributed by atoms with van der Waals surface area (Å²) < 4.78 is 5.78. The van der Waals surface area contributed by atoms with Crippen molar-refractivity contribution in [2.45, 2.75) is 32.3 Å². The van der Waals surface area contributed by atoms with E-state index in [0.29, 0.717) is 18.4 Å². The third kappa shape index (κ3) is 3.14. The summed E-state index contributed by atoms with van der Waals surface area (Å²) in [6.07, 6.45) is 4.66. The fraction of sp³-hybridized carbons (Fsp3) is 0.400. The maximum Gasteiger partial charge on any atom is 0.255 e. The molecule has 4 nitrogen and oxygen atoms in total. The first-order valence-electron chi connectivity index (χ1n) is 8.75. The zero-order valence-corrected chi connectivity index (χ0v) is 13.8. The highest BCUT2D eigenvalue weighted by Gasteiger charge is 2.29. The van der Waals surface area contributed by atoms with Gasteiger partial charge in [0.2, 0.25) is 5.88 Å². The van der Waals surface area contributed by atoms with Gasteiger partial charge in [0, 0.05) is 25.6 Å². The molecule has 24 heavy (non-hydrogen) atoms. The monoisotopic (exact) mass is 322 g/mol. The van der Waals surface area contributed by atoms with Crippen LogP contribution >= 0.6 is 0 Å². The van der Waals surface area contributed by atoms with Crippen LogP contribution in [0.25, 0.3) is 0 Å². The molecule has 2 heterocycles. The third-order valence-electron chi connectivity index (χ3n) is 5.02. The van der Waals surface area contributed by atoms with Crippen LogP contribution in [0.5, 0.6) is 5.88 Å². The van der Waals surface area contributed by atoms with Gasteiger partial charge >= 0.3 is 0 Å². The van der Waals surface area contributed by atoms with Crippen LogP contribution in [0.1, 0.15) is 40.9 Å². The summed E-state index contributed by atoms with van der Waals surface area (Å²) in [7, 11) is 0. The Morgan fingerprint density at radius 3 is 2.71 bits per heavy atom. The standard InChI is InChI=1S/C20H22N2O2/c23-20-17-9-10-19(24-14-16-5-2-1-3-6-16)21-18(17)11-12-22(20)13-15-7-4-8-15/h1-3,5-6,9-10,15H,4,7-8,11-14H2. The van der Waals surface area contributed by atoms with E-state index in [1.54, 1.807) is 0 Å². The third-order valence-corrected chi connectivity index (χ3v) is 5.02. The van der Waals surface area contributed by atoms with Crippen LogP contribution < -0.4 is 4.74 Å². The molecule has 1 fully saturated rings. The van der Waals surface area contributed by atoms with Crippen LogP contribution in [0.2, 0.25) is 0 Å². The quantitative estimate of drug-likeness (QED) is 0.846. The van der Waals surface area contributed by atoms with E-state index in [9.17, 15) is 4.79 Å². The Hall–Kier alpha value is -2.36. The van der Waals surface area contributed by atoms with Crippen molar-refractivity contribution in [1.82, 2.24) is 9.88 Å². The molecule has 1 aromatic carbocycles. The van der Waals surface area contributed by atoms with Gasteiger partial charge < -0.3 is 9.64 Å². The highest BCUT2D eigenvalue weighted by atomic mass is 16.5. The van der Waals surface area contributed by atoms with Gasteiger partial charge in [-0.05, 0) is 30.4 Å². The molecule has 124 valence electrons. The van der Waals surface area contributed by atoms with Gasteiger partial charge in [-0.15, -0.1) is 0 Å². The van der Waals surface area contributed by atoms with Gasteiger partial charge in [0.05, 0.1) is 11.3 Å². The minimum Gasteiger partial charge on any atom is -0.473 e. The van der Waals surface area contributed by atoms with E-state index < -0.39 is 0 Å². The van der Waals surface area contributed by atoms with E-state index in [-0.39, 0.29) is 5.91 Å². The van der Waals surface area contributed by atoms with Gasteiger partial charge in [-0.25, -0.2) is 4.98 Å². The Labute approximate surface area is 142 Å². The predicted octanol–water partition coefficient (Wildman–Crippen LogP) is 3.46. The molecule has 2 aliphatic rings. The highest BCUT2D eigenvalue weighted by Crippen LogP contribution is 2.29. The molecule has 1 aromatic heterocycles. The number of aromatic nitrogens is 1. The van der Waals surface area contributed by atoms with E-state index in [1.165, 1.54) is 19.3 Å². The van der Waals surface area contributed by atoms with Gasteiger partial charge in [-0.1, -0.05) is 36.8 Å².